The van der Waals surface area contributed by atoms with Crippen molar-refractivity contribution in [3.05, 3.63) is 72.6 Å². The van der Waals surface area contributed by atoms with Crippen LogP contribution >= 0.6 is 11.8 Å². The Labute approximate surface area is 177 Å². The summed E-state index contributed by atoms with van der Waals surface area (Å²) in [6.45, 7) is 2.57. The first kappa shape index (κ1) is 20.3. The Morgan fingerprint density at radius 2 is 1.53 bits per heavy atom. The molecule has 4 rings (SSSR count). The van der Waals surface area contributed by atoms with Crippen molar-refractivity contribution < 1.29 is 13.6 Å². The van der Waals surface area contributed by atoms with Crippen LogP contribution in [0.15, 0.2) is 65.8 Å². The molecule has 2 aromatic carbocycles. The molecule has 1 amide bonds. The van der Waals surface area contributed by atoms with Crippen LogP contribution in [0.3, 0.4) is 0 Å². The van der Waals surface area contributed by atoms with Gasteiger partial charge in [-0.15, -0.1) is 11.8 Å². The summed E-state index contributed by atoms with van der Waals surface area (Å²) >= 11 is 1.41. The number of hydrogen-bond acceptors (Lipinski definition) is 5. The molecule has 0 unspecified atom stereocenters. The van der Waals surface area contributed by atoms with Crippen molar-refractivity contribution in [2.24, 2.45) is 0 Å². The summed E-state index contributed by atoms with van der Waals surface area (Å²) in [5, 5.41) is 0. The number of anilines is 1. The molecule has 3 aromatic rings. The highest BCUT2D eigenvalue weighted by Crippen LogP contribution is 2.23. The Morgan fingerprint density at radius 1 is 0.900 bits per heavy atom. The Morgan fingerprint density at radius 3 is 2.20 bits per heavy atom. The van der Waals surface area contributed by atoms with Gasteiger partial charge in [0, 0.05) is 42.7 Å². The summed E-state index contributed by atoms with van der Waals surface area (Å²) in [5.74, 6) is 0.615. The van der Waals surface area contributed by atoms with Crippen molar-refractivity contribution >= 4 is 23.5 Å². The van der Waals surface area contributed by atoms with E-state index in [1.807, 2.05) is 11.0 Å². The van der Waals surface area contributed by atoms with Crippen LogP contribution in [0.1, 0.15) is 0 Å². The van der Waals surface area contributed by atoms with E-state index in [4.69, 9.17) is 0 Å². The molecule has 1 fully saturated rings. The SMILES string of the molecule is O=C(CSc1ccc(F)cc1)N1CCN(c2cc(-c3ccc(F)cc3)ncn2)CC1. The average Bonchev–Trinajstić information content (AvgIpc) is 2.79. The largest absolute Gasteiger partial charge is 0.353 e. The Kier molecular flexibility index (Phi) is 6.23. The van der Waals surface area contributed by atoms with Gasteiger partial charge in [-0.2, -0.15) is 0 Å². The molecule has 1 saturated heterocycles. The van der Waals surface area contributed by atoms with Crippen LogP contribution in [0, 0.1) is 11.6 Å². The van der Waals surface area contributed by atoms with Crippen molar-refractivity contribution in [3.8, 4) is 11.3 Å². The van der Waals surface area contributed by atoms with Gasteiger partial charge in [0.2, 0.25) is 5.91 Å². The molecule has 1 aromatic heterocycles. The van der Waals surface area contributed by atoms with Crippen LogP contribution in [0.4, 0.5) is 14.6 Å². The monoisotopic (exact) mass is 426 g/mol. The van der Waals surface area contributed by atoms with Crippen molar-refractivity contribution in [3.63, 3.8) is 0 Å². The van der Waals surface area contributed by atoms with Gasteiger partial charge in [-0.3, -0.25) is 4.79 Å². The van der Waals surface area contributed by atoms with E-state index in [2.05, 4.69) is 14.9 Å². The number of hydrogen-bond donors (Lipinski definition) is 0. The van der Waals surface area contributed by atoms with Gasteiger partial charge in [0.15, 0.2) is 0 Å². The molecule has 1 aliphatic rings. The van der Waals surface area contributed by atoms with Gasteiger partial charge in [0.1, 0.15) is 23.8 Å². The number of rotatable bonds is 5. The van der Waals surface area contributed by atoms with Crippen molar-refractivity contribution in [1.82, 2.24) is 14.9 Å². The number of nitrogens with zero attached hydrogens (tertiary/aromatic N) is 4. The van der Waals surface area contributed by atoms with E-state index < -0.39 is 0 Å². The quantitative estimate of drug-likeness (QED) is 0.580. The maximum atomic E-state index is 13.2. The molecule has 0 radical (unpaired) electrons. The van der Waals surface area contributed by atoms with E-state index in [1.165, 1.54) is 42.4 Å². The van der Waals surface area contributed by atoms with Gasteiger partial charge in [-0.1, -0.05) is 0 Å². The minimum absolute atomic E-state index is 0.0682. The third-order valence-corrected chi connectivity index (χ3v) is 5.92. The molecule has 0 bridgehead atoms. The lowest BCUT2D eigenvalue weighted by Crippen LogP contribution is -2.49. The topological polar surface area (TPSA) is 49.3 Å². The summed E-state index contributed by atoms with van der Waals surface area (Å²) in [6, 6.07) is 14.2. The molecule has 0 atom stereocenters. The number of aromatic nitrogens is 2. The van der Waals surface area contributed by atoms with E-state index in [0.29, 0.717) is 31.9 Å². The third kappa shape index (κ3) is 4.94. The van der Waals surface area contributed by atoms with Crippen LogP contribution in [0.2, 0.25) is 0 Å². The minimum atomic E-state index is -0.286. The lowest BCUT2D eigenvalue weighted by Gasteiger charge is -2.35. The number of carbonyl (C=O) groups excluding carboxylic acids is 1. The van der Waals surface area contributed by atoms with Gasteiger partial charge in [-0.05, 0) is 48.5 Å². The average molecular weight is 426 g/mol. The molecule has 154 valence electrons. The van der Waals surface area contributed by atoms with Crippen molar-refractivity contribution in [2.45, 2.75) is 4.90 Å². The van der Waals surface area contributed by atoms with Gasteiger partial charge in [0.05, 0.1) is 11.4 Å². The predicted molar refractivity (Wildman–Crippen MR) is 113 cm³/mol. The van der Waals surface area contributed by atoms with Crippen LogP contribution in [0.5, 0.6) is 0 Å². The zero-order valence-electron chi connectivity index (χ0n) is 16.2. The van der Waals surface area contributed by atoms with Crippen LogP contribution in [0.25, 0.3) is 11.3 Å². The summed E-state index contributed by atoms with van der Waals surface area (Å²) in [5.41, 5.74) is 1.56. The maximum Gasteiger partial charge on any atom is 0.233 e. The number of carbonyl (C=O) groups is 1. The normalized spacial score (nSPS) is 14.1. The predicted octanol–water partition coefficient (Wildman–Crippen LogP) is 3.86. The molecule has 30 heavy (non-hydrogen) atoms. The number of halogens is 2. The molecular formula is C22H20F2N4OS. The van der Waals surface area contributed by atoms with Crippen LogP contribution in [-0.4, -0.2) is 52.7 Å². The zero-order chi connectivity index (χ0) is 20.9. The second-order valence-corrected chi connectivity index (χ2v) is 7.93. The first-order chi connectivity index (χ1) is 14.6. The summed E-state index contributed by atoms with van der Waals surface area (Å²) < 4.78 is 26.1. The molecule has 0 aliphatic carbocycles. The third-order valence-electron chi connectivity index (χ3n) is 4.92. The summed E-state index contributed by atoms with van der Waals surface area (Å²) in [4.78, 5) is 26.0. The number of benzene rings is 2. The Balaban J connectivity index is 1.33. The Bertz CT molecular complexity index is 1010. The highest BCUT2D eigenvalue weighted by Gasteiger charge is 2.22. The molecular weight excluding hydrogens is 406 g/mol. The first-order valence-electron chi connectivity index (χ1n) is 9.57. The lowest BCUT2D eigenvalue weighted by atomic mass is 10.1. The second kappa shape index (κ2) is 9.21. The molecule has 0 saturated carbocycles. The van der Waals surface area contributed by atoms with Gasteiger partial charge >= 0.3 is 0 Å². The molecule has 2 heterocycles. The smallest absolute Gasteiger partial charge is 0.233 e. The standard InChI is InChI=1S/C22H20F2N4OS/c23-17-3-1-16(2-4-17)20-13-21(26-15-25-20)27-9-11-28(12-10-27)22(29)14-30-19-7-5-18(24)6-8-19/h1-8,13,15H,9-12,14H2. The van der Waals surface area contributed by atoms with E-state index in [1.54, 1.807) is 24.3 Å². The fourth-order valence-corrected chi connectivity index (χ4v) is 4.05. The minimum Gasteiger partial charge on any atom is -0.353 e. The fraction of sp³-hybridized carbons (Fsp3) is 0.227. The van der Waals surface area contributed by atoms with Gasteiger partial charge < -0.3 is 9.80 Å². The molecule has 0 spiro atoms. The fourth-order valence-electron chi connectivity index (χ4n) is 3.25. The highest BCUT2D eigenvalue weighted by molar-refractivity contribution is 8.00. The van der Waals surface area contributed by atoms with E-state index >= 15 is 0 Å². The highest BCUT2D eigenvalue weighted by atomic mass is 32.2. The lowest BCUT2D eigenvalue weighted by molar-refractivity contribution is -0.128. The first-order valence-corrected chi connectivity index (χ1v) is 10.6. The molecule has 5 nitrogen and oxygen atoms in total. The Hall–Kier alpha value is -3.00. The maximum absolute atomic E-state index is 13.2. The molecule has 1 aliphatic heterocycles. The number of amides is 1. The zero-order valence-corrected chi connectivity index (χ0v) is 17.0. The summed E-state index contributed by atoms with van der Waals surface area (Å²) in [7, 11) is 0. The van der Waals surface area contributed by atoms with E-state index in [-0.39, 0.29) is 17.5 Å². The summed E-state index contributed by atoms with van der Waals surface area (Å²) in [6.07, 6.45) is 1.50. The van der Waals surface area contributed by atoms with E-state index in [0.717, 1.165) is 22.0 Å². The second-order valence-electron chi connectivity index (χ2n) is 6.88. The van der Waals surface area contributed by atoms with Crippen molar-refractivity contribution in [2.75, 3.05) is 36.8 Å². The van der Waals surface area contributed by atoms with Gasteiger partial charge in [-0.25, -0.2) is 18.7 Å². The van der Waals surface area contributed by atoms with Crippen LogP contribution < -0.4 is 4.90 Å². The molecule has 0 N–H and O–H groups in total. The number of thioether (sulfide) groups is 1. The molecule has 8 heteroatoms. The van der Waals surface area contributed by atoms with E-state index in [9.17, 15) is 13.6 Å². The van der Waals surface area contributed by atoms with Crippen LogP contribution in [-0.2, 0) is 4.79 Å². The van der Waals surface area contributed by atoms with Crippen molar-refractivity contribution in [1.29, 1.82) is 0 Å². The van der Waals surface area contributed by atoms with Gasteiger partial charge in [0.25, 0.3) is 0 Å². The number of piperazine rings is 1.